The Morgan fingerprint density at radius 3 is 2.26 bits per heavy atom. The van der Waals surface area contributed by atoms with Crippen molar-refractivity contribution < 1.29 is 13.2 Å². The molecule has 0 saturated heterocycles. The first-order chi connectivity index (χ1) is 14.8. The van der Waals surface area contributed by atoms with Gasteiger partial charge < -0.3 is 4.90 Å². The van der Waals surface area contributed by atoms with Crippen LogP contribution in [0.15, 0.2) is 96.4 Å². The predicted octanol–water partition coefficient (Wildman–Crippen LogP) is 4.65. The maximum atomic E-state index is 13.1. The lowest BCUT2D eigenvalue weighted by Gasteiger charge is -2.24. The van der Waals surface area contributed by atoms with Crippen molar-refractivity contribution >= 4 is 21.6 Å². The summed E-state index contributed by atoms with van der Waals surface area (Å²) in [5.74, 6) is -0.130. The van der Waals surface area contributed by atoms with E-state index in [2.05, 4.69) is 12.6 Å². The molecule has 0 N–H and O–H groups in total. The molecule has 0 fully saturated rings. The van der Waals surface area contributed by atoms with Crippen molar-refractivity contribution in [2.45, 2.75) is 18.4 Å². The molecule has 0 unspecified atom stereocenters. The highest BCUT2D eigenvalue weighted by atomic mass is 32.2. The lowest BCUT2D eigenvalue weighted by atomic mass is 10.1. The molecule has 31 heavy (non-hydrogen) atoms. The minimum Gasteiger partial charge on any atom is -0.337 e. The molecule has 0 aliphatic heterocycles. The second kappa shape index (κ2) is 9.62. The summed E-state index contributed by atoms with van der Waals surface area (Å²) in [6.45, 7) is 6.31. The number of sulfonamides is 1. The van der Waals surface area contributed by atoms with E-state index in [9.17, 15) is 13.2 Å². The molecule has 0 heterocycles. The molecule has 3 aromatic carbocycles. The number of anilines is 1. The second-order valence-corrected chi connectivity index (χ2v) is 9.20. The number of amides is 1. The highest BCUT2D eigenvalue weighted by Gasteiger charge is 2.24. The van der Waals surface area contributed by atoms with Gasteiger partial charge in [0.25, 0.3) is 15.9 Å². The van der Waals surface area contributed by atoms with Gasteiger partial charge in [-0.2, -0.15) is 0 Å². The van der Waals surface area contributed by atoms with Crippen LogP contribution in [-0.4, -0.2) is 32.8 Å². The molecule has 0 spiro atoms. The monoisotopic (exact) mass is 434 g/mol. The van der Waals surface area contributed by atoms with Gasteiger partial charge in [-0.25, -0.2) is 8.42 Å². The SMILES string of the molecule is C=CCN(c1ccc(C(=O)N(C)Cc2cccc(C)c2)cc1)S(=O)(=O)c1ccccc1. The second-order valence-electron chi connectivity index (χ2n) is 7.34. The Kier molecular flexibility index (Phi) is 6.92. The summed E-state index contributed by atoms with van der Waals surface area (Å²) in [7, 11) is -1.99. The van der Waals surface area contributed by atoms with Gasteiger partial charge in [0.05, 0.1) is 17.1 Å². The number of benzene rings is 3. The molecule has 0 radical (unpaired) electrons. The van der Waals surface area contributed by atoms with Crippen LogP contribution in [0.1, 0.15) is 21.5 Å². The Bertz CT molecular complexity index is 1160. The summed E-state index contributed by atoms with van der Waals surface area (Å²) in [5.41, 5.74) is 3.17. The molecule has 3 aromatic rings. The van der Waals surface area contributed by atoms with Gasteiger partial charge in [-0.05, 0) is 48.9 Å². The summed E-state index contributed by atoms with van der Waals surface area (Å²) in [6, 6.07) is 22.9. The Labute approximate surface area is 184 Å². The highest BCUT2D eigenvalue weighted by molar-refractivity contribution is 7.92. The molecular weight excluding hydrogens is 408 g/mol. The topological polar surface area (TPSA) is 57.7 Å². The minimum atomic E-state index is -3.74. The van der Waals surface area contributed by atoms with Gasteiger partial charge >= 0.3 is 0 Å². The largest absolute Gasteiger partial charge is 0.337 e. The molecule has 5 nitrogen and oxygen atoms in total. The van der Waals surface area contributed by atoms with Crippen molar-refractivity contribution in [2.75, 3.05) is 17.9 Å². The van der Waals surface area contributed by atoms with E-state index in [-0.39, 0.29) is 17.3 Å². The van der Waals surface area contributed by atoms with Crippen LogP contribution in [0.2, 0.25) is 0 Å². The van der Waals surface area contributed by atoms with Crippen LogP contribution in [-0.2, 0) is 16.6 Å². The normalized spacial score (nSPS) is 11.0. The summed E-state index contributed by atoms with van der Waals surface area (Å²) < 4.78 is 27.4. The fourth-order valence-corrected chi connectivity index (χ4v) is 4.78. The highest BCUT2D eigenvalue weighted by Crippen LogP contribution is 2.24. The van der Waals surface area contributed by atoms with Crippen molar-refractivity contribution in [2.24, 2.45) is 0 Å². The van der Waals surface area contributed by atoms with Gasteiger partial charge in [0, 0.05) is 19.2 Å². The van der Waals surface area contributed by atoms with Crippen LogP contribution in [0.25, 0.3) is 0 Å². The van der Waals surface area contributed by atoms with E-state index in [0.717, 1.165) is 11.1 Å². The number of aryl methyl sites for hydroxylation is 1. The van der Waals surface area contributed by atoms with Crippen LogP contribution in [0.3, 0.4) is 0 Å². The molecule has 3 rings (SSSR count). The van der Waals surface area contributed by atoms with E-state index in [1.165, 1.54) is 10.4 Å². The van der Waals surface area contributed by atoms with Crippen LogP contribution >= 0.6 is 0 Å². The Hall–Kier alpha value is -3.38. The Morgan fingerprint density at radius 2 is 1.65 bits per heavy atom. The summed E-state index contributed by atoms with van der Waals surface area (Å²) in [5, 5.41) is 0. The maximum absolute atomic E-state index is 13.1. The van der Waals surface area contributed by atoms with Gasteiger partial charge in [0.15, 0.2) is 0 Å². The molecule has 0 aliphatic rings. The predicted molar refractivity (Wildman–Crippen MR) is 125 cm³/mol. The minimum absolute atomic E-state index is 0.123. The molecule has 0 bridgehead atoms. The van der Waals surface area contributed by atoms with Gasteiger partial charge in [-0.3, -0.25) is 9.10 Å². The van der Waals surface area contributed by atoms with Crippen LogP contribution in [0.4, 0.5) is 5.69 Å². The van der Waals surface area contributed by atoms with Gasteiger partial charge in [0.2, 0.25) is 0 Å². The molecule has 160 valence electrons. The van der Waals surface area contributed by atoms with Crippen molar-refractivity contribution in [3.05, 3.63) is 108 Å². The van der Waals surface area contributed by atoms with E-state index in [0.29, 0.717) is 17.8 Å². The van der Waals surface area contributed by atoms with Crippen LogP contribution in [0, 0.1) is 6.92 Å². The van der Waals surface area contributed by atoms with E-state index >= 15 is 0 Å². The number of hydrogen-bond acceptors (Lipinski definition) is 3. The molecule has 6 heteroatoms. The first-order valence-electron chi connectivity index (χ1n) is 9.92. The molecule has 1 amide bonds. The zero-order valence-electron chi connectivity index (χ0n) is 17.7. The van der Waals surface area contributed by atoms with Crippen LogP contribution < -0.4 is 4.31 Å². The number of carbonyl (C=O) groups is 1. The standard InChI is InChI=1S/C25H26N2O3S/c1-4-17-27(31(29,30)24-11-6-5-7-12-24)23-15-13-22(14-16-23)25(28)26(3)19-21-10-8-9-20(2)18-21/h4-16,18H,1,17,19H2,2-3H3. The maximum Gasteiger partial charge on any atom is 0.264 e. The smallest absolute Gasteiger partial charge is 0.264 e. The fraction of sp³-hybridized carbons (Fsp3) is 0.160. The third-order valence-corrected chi connectivity index (χ3v) is 6.69. The molecule has 0 aliphatic carbocycles. The molecule has 0 atom stereocenters. The molecule has 0 saturated carbocycles. The van der Waals surface area contributed by atoms with Gasteiger partial charge in [0.1, 0.15) is 0 Å². The zero-order valence-corrected chi connectivity index (χ0v) is 18.5. The first kappa shape index (κ1) is 22.3. The lowest BCUT2D eigenvalue weighted by Crippen LogP contribution is -2.31. The average molecular weight is 435 g/mol. The summed E-state index contributed by atoms with van der Waals surface area (Å²) in [6.07, 6.45) is 1.54. The van der Waals surface area contributed by atoms with Crippen molar-refractivity contribution in [1.29, 1.82) is 0 Å². The third kappa shape index (κ3) is 5.22. The summed E-state index contributed by atoms with van der Waals surface area (Å²) in [4.78, 5) is 14.7. The van der Waals surface area contributed by atoms with E-state index in [4.69, 9.17) is 0 Å². The van der Waals surface area contributed by atoms with E-state index < -0.39 is 10.0 Å². The average Bonchev–Trinajstić information content (AvgIpc) is 2.77. The number of rotatable bonds is 8. The van der Waals surface area contributed by atoms with Crippen molar-refractivity contribution in [3.8, 4) is 0 Å². The van der Waals surface area contributed by atoms with Gasteiger partial charge in [-0.15, -0.1) is 6.58 Å². The molecular formula is C25H26N2O3S. The van der Waals surface area contributed by atoms with E-state index in [1.54, 1.807) is 66.5 Å². The van der Waals surface area contributed by atoms with E-state index in [1.807, 2.05) is 25.1 Å². The number of nitrogens with zero attached hydrogens (tertiary/aromatic N) is 2. The third-order valence-electron chi connectivity index (χ3n) is 4.88. The number of carbonyl (C=O) groups excluding carboxylic acids is 1. The Balaban J connectivity index is 1.81. The fourth-order valence-electron chi connectivity index (χ4n) is 3.33. The van der Waals surface area contributed by atoms with Gasteiger partial charge in [-0.1, -0.05) is 54.1 Å². The quantitative estimate of drug-likeness (QED) is 0.485. The Morgan fingerprint density at radius 1 is 0.968 bits per heavy atom. The summed E-state index contributed by atoms with van der Waals surface area (Å²) >= 11 is 0. The van der Waals surface area contributed by atoms with Crippen molar-refractivity contribution in [3.63, 3.8) is 0 Å². The zero-order chi connectivity index (χ0) is 22.4. The first-order valence-corrected chi connectivity index (χ1v) is 11.4. The lowest BCUT2D eigenvalue weighted by molar-refractivity contribution is 0.0785. The molecule has 0 aromatic heterocycles. The van der Waals surface area contributed by atoms with Crippen molar-refractivity contribution in [1.82, 2.24) is 4.90 Å². The van der Waals surface area contributed by atoms with Crippen LogP contribution in [0.5, 0.6) is 0 Å². The number of hydrogen-bond donors (Lipinski definition) is 0.